The molecule has 0 spiro atoms. The molecule has 0 unspecified atom stereocenters. The summed E-state index contributed by atoms with van der Waals surface area (Å²) in [4.78, 5) is 14.3. The summed E-state index contributed by atoms with van der Waals surface area (Å²) < 4.78 is 46.0. The maximum atomic E-state index is 13.3. The average molecular weight is 427 g/mol. The van der Waals surface area contributed by atoms with Crippen LogP contribution in [0.15, 0.2) is 47.4 Å². The molecule has 3 rings (SSSR count). The summed E-state index contributed by atoms with van der Waals surface area (Å²) in [6.45, 7) is 0.785. The number of sulfonamides is 1. The molecule has 1 aliphatic heterocycles. The second-order valence-electron chi connectivity index (χ2n) is 6.49. The number of halogens is 2. The van der Waals surface area contributed by atoms with Crippen LogP contribution in [0.3, 0.4) is 0 Å². The highest BCUT2D eigenvalue weighted by molar-refractivity contribution is 7.89. The largest absolute Gasteiger partial charge is 0.497 e. The Morgan fingerprint density at radius 1 is 1.18 bits per heavy atom. The summed E-state index contributed by atoms with van der Waals surface area (Å²) in [6, 6.07) is 9.72. The van der Waals surface area contributed by atoms with Gasteiger partial charge in [-0.1, -0.05) is 11.6 Å². The predicted octanol–water partition coefficient (Wildman–Crippen LogP) is 3.07. The first-order valence-electron chi connectivity index (χ1n) is 8.71. The highest BCUT2D eigenvalue weighted by Crippen LogP contribution is 2.21. The number of methoxy groups -OCH3 is 1. The molecular weight excluding hydrogens is 407 g/mol. The SMILES string of the molecule is COc1ccc(S(=O)(=O)NC2CCN(C(=O)c3ccc(F)c(Cl)c3)CC2)cc1. The van der Waals surface area contributed by atoms with Gasteiger partial charge in [-0.25, -0.2) is 17.5 Å². The zero-order chi connectivity index (χ0) is 20.3. The standard InChI is InChI=1S/C19H20ClFN2O4S/c1-27-15-3-5-16(6-4-15)28(25,26)22-14-8-10-23(11-9-14)19(24)13-2-7-18(21)17(20)12-13/h2-7,12,14,22H,8-11H2,1H3. The summed E-state index contributed by atoms with van der Waals surface area (Å²) in [5.41, 5.74) is 0.309. The lowest BCUT2D eigenvalue weighted by molar-refractivity contribution is 0.0711. The van der Waals surface area contributed by atoms with Crippen molar-refractivity contribution in [2.45, 2.75) is 23.8 Å². The van der Waals surface area contributed by atoms with Gasteiger partial charge in [0.2, 0.25) is 10.0 Å². The number of rotatable bonds is 5. The summed E-state index contributed by atoms with van der Waals surface area (Å²) in [5, 5.41) is -0.104. The lowest BCUT2D eigenvalue weighted by Gasteiger charge is -2.32. The summed E-state index contributed by atoms with van der Waals surface area (Å²) in [6.07, 6.45) is 0.964. The molecule has 1 fully saturated rings. The second-order valence-corrected chi connectivity index (χ2v) is 8.61. The Labute approximate surface area is 168 Å². The third kappa shape index (κ3) is 4.63. The Balaban J connectivity index is 1.60. The van der Waals surface area contributed by atoms with Crippen LogP contribution in [-0.2, 0) is 10.0 Å². The van der Waals surface area contributed by atoms with Gasteiger partial charge in [0.05, 0.1) is 17.0 Å². The van der Waals surface area contributed by atoms with Gasteiger partial charge >= 0.3 is 0 Å². The van der Waals surface area contributed by atoms with E-state index in [1.807, 2.05) is 0 Å². The van der Waals surface area contributed by atoms with E-state index >= 15 is 0 Å². The van der Waals surface area contributed by atoms with E-state index in [0.29, 0.717) is 37.2 Å². The molecule has 9 heteroatoms. The Morgan fingerprint density at radius 2 is 1.82 bits per heavy atom. The molecule has 150 valence electrons. The van der Waals surface area contributed by atoms with Gasteiger partial charge in [0.1, 0.15) is 11.6 Å². The Bertz CT molecular complexity index is 958. The lowest BCUT2D eigenvalue weighted by atomic mass is 10.0. The predicted molar refractivity (Wildman–Crippen MR) is 104 cm³/mol. The highest BCUT2D eigenvalue weighted by Gasteiger charge is 2.27. The number of nitrogens with zero attached hydrogens (tertiary/aromatic N) is 1. The van der Waals surface area contributed by atoms with Crippen molar-refractivity contribution in [3.05, 3.63) is 58.9 Å². The molecule has 2 aromatic carbocycles. The van der Waals surface area contributed by atoms with Gasteiger partial charge in [0.15, 0.2) is 0 Å². The minimum Gasteiger partial charge on any atom is -0.497 e. The number of carbonyl (C=O) groups is 1. The molecule has 2 aromatic rings. The van der Waals surface area contributed by atoms with Crippen molar-refractivity contribution in [3.63, 3.8) is 0 Å². The molecule has 1 aliphatic rings. The van der Waals surface area contributed by atoms with E-state index in [2.05, 4.69) is 4.72 Å². The fourth-order valence-corrected chi connectivity index (χ4v) is 4.54. The van der Waals surface area contributed by atoms with Crippen LogP contribution < -0.4 is 9.46 Å². The molecule has 0 aromatic heterocycles. The van der Waals surface area contributed by atoms with Crippen molar-refractivity contribution < 1.29 is 22.3 Å². The maximum Gasteiger partial charge on any atom is 0.253 e. The number of benzene rings is 2. The number of piperidine rings is 1. The van der Waals surface area contributed by atoms with Gasteiger partial charge < -0.3 is 9.64 Å². The third-order valence-corrected chi connectivity index (χ3v) is 6.47. The van der Waals surface area contributed by atoms with E-state index < -0.39 is 15.8 Å². The third-order valence-electron chi connectivity index (χ3n) is 4.64. The molecule has 0 atom stereocenters. The second kappa shape index (κ2) is 8.46. The van der Waals surface area contributed by atoms with E-state index in [-0.39, 0.29) is 21.9 Å². The van der Waals surface area contributed by atoms with Crippen molar-refractivity contribution in [1.29, 1.82) is 0 Å². The van der Waals surface area contributed by atoms with Crippen molar-refractivity contribution in [2.24, 2.45) is 0 Å². The zero-order valence-corrected chi connectivity index (χ0v) is 16.8. The first-order valence-corrected chi connectivity index (χ1v) is 10.6. The van der Waals surface area contributed by atoms with Crippen LogP contribution in [0.2, 0.25) is 5.02 Å². The molecule has 0 aliphatic carbocycles. The average Bonchev–Trinajstić information content (AvgIpc) is 2.70. The molecule has 1 amide bonds. The fraction of sp³-hybridized carbons (Fsp3) is 0.316. The molecule has 1 saturated heterocycles. The molecule has 1 heterocycles. The molecule has 0 bridgehead atoms. The van der Waals surface area contributed by atoms with Crippen molar-refractivity contribution in [3.8, 4) is 5.75 Å². The summed E-state index contributed by atoms with van der Waals surface area (Å²) in [5.74, 6) is -0.255. The number of hydrogen-bond acceptors (Lipinski definition) is 4. The van der Waals surface area contributed by atoms with E-state index in [4.69, 9.17) is 16.3 Å². The van der Waals surface area contributed by atoms with Crippen LogP contribution in [0.1, 0.15) is 23.2 Å². The molecule has 6 nitrogen and oxygen atoms in total. The molecule has 0 saturated carbocycles. The topological polar surface area (TPSA) is 75.7 Å². The number of ether oxygens (including phenoxy) is 1. The van der Waals surface area contributed by atoms with Gasteiger partial charge in [-0.05, 0) is 55.3 Å². The van der Waals surface area contributed by atoms with Crippen molar-refractivity contribution in [2.75, 3.05) is 20.2 Å². The van der Waals surface area contributed by atoms with Gasteiger partial charge in [0, 0.05) is 24.7 Å². The van der Waals surface area contributed by atoms with E-state index in [0.717, 1.165) is 6.07 Å². The normalized spacial score (nSPS) is 15.5. The first-order chi connectivity index (χ1) is 13.3. The van der Waals surface area contributed by atoms with Crippen molar-refractivity contribution >= 4 is 27.5 Å². The number of nitrogens with one attached hydrogen (secondary N) is 1. The van der Waals surface area contributed by atoms with Crippen LogP contribution >= 0.6 is 11.6 Å². The molecular formula is C19H20ClFN2O4S. The van der Waals surface area contributed by atoms with Crippen LogP contribution in [-0.4, -0.2) is 45.5 Å². The highest BCUT2D eigenvalue weighted by atomic mass is 35.5. The number of carbonyl (C=O) groups excluding carboxylic acids is 1. The van der Waals surface area contributed by atoms with E-state index in [9.17, 15) is 17.6 Å². The van der Waals surface area contributed by atoms with Crippen LogP contribution in [0, 0.1) is 5.82 Å². The quantitative estimate of drug-likeness (QED) is 0.797. The lowest BCUT2D eigenvalue weighted by Crippen LogP contribution is -2.46. The minimum absolute atomic E-state index is 0.104. The van der Waals surface area contributed by atoms with Crippen molar-refractivity contribution in [1.82, 2.24) is 9.62 Å². The summed E-state index contributed by atoms with van der Waals surface area (Å²) in [7, 11) is -2.14. The Morgan fingerprint density at radius 3 is 2.39 bits per heavy atom. The van der Waals surface area contributed by atoms with Gasteiger partial charge in [-0.15, -0.1) is 0 Å². The monoisotopic (exact) mass is 426 g/mol. The van der Waals surface area contributed by atoms with E-state index in [1.165, 1.54) is 31.4 Å². The van der Waals surface area contributed by atoms with Crippen LogP contribution in [0.4, 0.5) is 4.39 Å². The number of hydrogen-bond donors (Lipinski definition) is 1. The smallest absolute Gasteiger partial charge is 0.253 e. The minimum atomic E-state index is -3.65. The first kappa shape index (κ1) is 20.6. The number of likely N-dealkylation sites (tertiary alicyclic amines) is 1. The zero-order valence-electron chi connectivity index (χ0n) is 15.2. The van der Waals surface area contributed by atoms with Gasteiger partial charge in [-0.2, -0.15) is 0 Å². The van der Waals surface area contributed by atoms with Crippen LogP contribution in [0.5, 0.6) is 5.75 Å². The Kier molecular flexibility index (Phi) is 6.22. The van der Waals surface area contributed by atoms with E-state index in [1.54, 1.807) is 17.0 Å². The van der Waals surface area contributed by atoms with Gasteiger partial charge in [0.25, 0.3) is 5.91 Å². The Hall–Kier alpha value is -2.16. The fourth-order valence-electron chi connectivity index (χ4n) is 3.05. The number of amides is 1. The van der Waals surface area contributed by atoms with Gasteiger partial charge in [-0.3, -0.25) is 4.79 Å². The molecule has 1 N–H and O–H groups in total. The maximum absolute atomic E-state index is 13.3. The summed E-state index contributed by atoms with van der Waals surface area (Å²) >= 11 is 5.74. The molecule has 28 heavy (non-hydrogen) atoms. The molecule has 0 radical (unpaired) electrons. The van der Waals surface area contributed by atoms with Crippen LogP contribution in [0.25, 0.3) is 0 Å².